The average Bonchev–Trinajstić information content (AvgIpc) is 2.86. The van der Waals surface area contributed by atoms with Gasteiger partial charge in [-0.1, -0.05) is 6.92 Å². The summed E-state index contributed by atoms with van der Waals surface area (Å²) in [4.78, 5) is 20.4. The first-order valence-electron chi connectivity index (χ1n) is 6.75. The fourth-order valence-corrected chi connectivity index (χ4v) is 1.79. The molecule has 0 spiro atoms. The maximum Gasteiger partial charge on any atom is 0.254 e. The third kappa shape index (κ3) is 3.04. The van der Waals surface area contributed by atoms with E-state index in [1.165, 1.54) is 6.33 Å². The maximum atomic E-state index is 12.0. The summed E-state index contributed by atoms with van der Waals surface area (Å²) in [6.45, 7) is 7.71. The van der Waals surface area contributed by atoms with Crippen molar-refractivity contribution in [3.63, 3.8) is 0 Å². The van der Waals surface area contributed by atoms with Crippen molar-refractivity contribution in [1.82, 2.24) is 24.9 Å². The van der Waals surface area contributed by atoms with Crippen LogP contribution < -0.4 is 10.6 Å². The van der Waals surface area contributed by atoms with Gasteiger partial charge in [0.15, 0.2) is 0 Å². The minimum atomic E-state index is -0.363. The van der Waals surface area contributed by atoms with Gasteiger partial charge >= 0.3 is 0 Å². The second kappa shape index (κ2) is 5.85. The Hall–Kier alpha value is -2.18. The number of fused-ring (bicyclic) bond motifs is 1. The predicted octanol–water partition coefficient (Wildman–Crippen LogP) is 1.15. The smallest absolute Gasteiger partial charge is 0.254 e. The summed E-state index contributed by atoms with van der Waals surface area (Å²) in [5.74, 6) is 1.18. The van der Waals surface area contributed by atoms with Gasteiger partial charge in [0.1, 0.15) is 18.2 Å². The first-order valence-corrected chi connectivity index (χ1v) is 6.75. The van der Waals surface area contributed by atoms with Crippen molar-refractivity contribution < 1.29 is 4.79 Å². The van der Waals surface area contributed by atoms with Crippen molar-refractivity contribution in [1.29, 1.82) is 0 Å². The van der Waals surface area contributed by atoms with Crippen LogP contribution >= 0.6 is 0 Å². The molecule has 20 heavy (non-hydrogen) atoms. The van der Waals surface area contributed by atoms with Crippen molar-refractivity contribution in [2.24, 2.45) is 0 Å². The highest BCUT2D eigenvalue weighted by atomic mass is 16.2. The molecule has 0 bridgehead atoms. The molecular formula is C13H20N6O. The fourth-order valence-electron chi connectivity index (χ4n) is 1.79. The van der Waals surface area contributed by atoms with Gasteiger partial charge in [-0.2, -0.15) is 14.6 Å². The van der Waals surface area contributed by atoms with Gasteiger partial charge in [0.2, 0.25) is 5.91 Å². The highest BCUT2D eigenvalue weighted by Gasteiger charge is 2.16. The number of amides is 1. The lowest BCUT2D eigenvalue weighted by molar-refractivity contribution is -0.122. The van der Waals surface area contributed by atoms with E-state index >= 15 is 0 Å². The summed E-state index contributed by atoms with van der Waals surface area (Å²) in [6, 6.07) is 1.64. The minimum absolute atomic E-state index is 0.0397. The molecule has 2 heterocycles. The molecule has 108 valence electrons. The van der Waals surface area contributed by atoms with E-state index in [1.807, 2.05) is 33.8 Å². The van der Waals surface area contributed by atoms with Crippen molar-refractivity contribution >= 4 is 17.5 Å². The Labute approximate surface area is 117 Å². The Balaban J connectivity index is 2.15. The molecule has 0 radical (unpaired) electrons. The number of aromatic nitrogens is 4. The van der Waals surface area contributed by atoms with Crippen LogP contribution in [0.5, 0.6) is 0 Å². The van der Waals surface area contributed by atoms with Crippen LogP contribution in [0.2, 0.25) is 0 Å². The van der Waals surface area contributed by atoms with E-state index < -0.39 is 0 Å². The number of nitrogens with one attached hydrogen (secondary N) is 2. The SMILES string of the molecule is CCC(C)NC(=O)C(C)Nc1cc(C)nc2ncnn12. The zero-order chi connectivity index (χ0) is 14.7. The molecule has 0 aliphatic carbocycles. The van der Waals surface area contributed by atoms with Crippen LogP contribution in [0.15, 0.2) is 12.4 Å². The fraction of sp³-hybridized carbons (Fsp3) is 0.538. The minimum Gasteiger partial charge on any atom is -0.358 e. The summed E-state index contributed by atoms with van der Waals surface area (Å²) in [5, 5.41) is 10.2. The third-order valence-corrected chi connectivity index (χ3v) is 3.14. The summed E-state index contributed by atoms with van der Waals surface area (Å²) >= 11 is 0. The largest absolute Gasteiger partial charge is 0.358 e. The number of carbonyl (C=O) groups is 1. The predicted molar refractivity (Wildman–Crippen MR) is 76.5 cm³/mol. The zero-order valence-corrected chi connectivity index (χ0v) is 12.2. The molecule has 2 unspecified atom stereocenters. The average molecular weight is 276 g/mol. The van der Waals surface area contributed by atoms with E-state index in [0.29, 0.717) is 11.6 Å². The van der Waals surface area contributed by atoms with Crippen LogP contribution in [-0.2, 0) is 4.79 Å². The van der Waals surface area contributed by atoms with Gasteiger partial charge in [-0.15, -0.1) is 0 Å². The number of anilines is 1. The second-order valence-electron chi connectivity index (χ2n) is 4.94. The van der Waals surface area contributed by atoms with E-state index in [9.17, 15) is 4.79 Å². The van der Waals surface area contributed by atoms with Gasteiger partial charge in [-0.25, -0.2) is 4.98 Å². The number of rotatable bonds is 5. The van der Waals surface area contributed by atoms with E-state index in [4.69, 9.17) is 0 Å². The topological polar surface area (TPSA) is 84.2 Å². The van der Waals surface area contributed by atoms with Gasteiger partial charge in [-0.3, -0.25) is 4.79 Å². The molecule has 2 atom stereocenters. The van der Waals surface area contributed by atoms with Gasteiger partial charge in [-0.05, 0) is 27.2 Å². The summed E-state index contributed by atoms with van der Waals surface area (Å²) in [6.07, 6.45) is 2.34. The molecule has 7 heteroatoms. The summed E-state index contributed by atoms with van der Waals surface area (Å²) in [7, 11) is 0. The molecular weight excluding hydrogens is 256 g/mol. The van der Waals surface area contributed by atoms with E-state index in [1.54, 1.807) is 4.52 Å². The highest BCUT2D eigenvalue weighted by molar-refractivity contribution is 5.84. The number of nitrogens with zero attached hydrogens (tertiary/aromatic N) is 4. The molecule has 0 aromatic carbocycles. The molecule has 2 aromatic rings. The van der Waals surface area contributed by atoms with Crippen LogP contribution in [0.4, 0.5) is 5.82 Å². The summed E-state index contributed by atoms with van der Waals surface area (Å²) < 4.78 is 1.58. The number of hydrogen-bond donors (Lipinski definition) is 2. The first-order chi connectivity index (χ1) is 9.51. The number of carbonyl (C=O) groups excluding carboxylic acids is 1. The van der Waals surface area contributed by atoms with Crippen molar-refractivity contribution in [2.75, 3.05) is 5.32 Å². The number of aryl methyl sites for hydroxylation is 1. The summed E-state index contributed by atoms with van der Waals surface area (Å²) in [5.41, 5.74) is 0.822. The van der Waals surface area contributed by atoms with Crippen LogP contribution in [-0.4, -0.2) is 37.6 Å². The molecule has 0 aliphatic heterocycles. The highest BCUT2D eigenvalue weighted by Crippen LogP contribution is 2.11. The van der Waals surface area contributed by atoms with Crippen LogP contribution in [0.25, 0.3) is 5.78 Å². The van der Waals surface area contributed by atoms with Crippen LogP contribution in [0, 0.1) is 6.92 Å². The van der Waals surface area contributed by atoms with Crippen molar-refractivity contribution in [2.45, 2.75) is 46.2 Å². The lowest BCUT2D eigenvalue weighted by Gasteiger charge is -2.18. The Morgan fingerprint density at radius 1 is 1.45 bits per heavy atom. The van der Waals surface area contributed by atoms with Crippen molar-refractivity contribution in [3.8, 4) is 0 Å². The normalized spacial score (nSPS) is 14.0. The molecule has 7 nitrogen and oxygen atoms in total. The van der Waals surface area contributed by atoms with Crippen LogP contribution in [0.3, 0.4) is 0 Å². The molecule has 1 amide bonds. The molecule has 2 rings (SSSR count). The van der Waals surface area contributed by atoms with E-state index in [2.05, 4.69) is 25.7 Å². The van der Waals surface area contributed by atoms with Crippen molar-refractivity contribution in [3.05, 3.63) is 18.1 Å². The Bertz CT molecular complexity index is 608. The van der Waals surface area contributed by atoms with E-state index in [-0.39, 0.29) is 18.0 Å². The molecule has 0 fully saturated rings. The van der Waals surface area contributed by atoms with Crippen LogP contribution in [0.1, 0.15) is 32.9 Å². The van der Waals surface area contributed by atoms with Gasteiger partial charge in [0.05, 0.1) is 0 Å². The first kappa shape index (κ1) is 14.2. The standard InChI is InChI=1S/C13H20N6O/c1-5-8(2)16-12(20)10(4)18-11-6-9(3)17-13-14-7-15-19(11)13/h6-8,10,18H,5H2,1-4H3,(H,16,20). The van der Waals surface area contributed by atoms with E-state index in [0.717, 1.165) is 12.1 Å². The van der Waals surface area contributed by atoms with Gasteiger partial charge < -0.3 is 10.6 Å². The Morgan fingerprint density at radius 2 is 2.20 bits per heavy atom. The Morgan fingerprint density at radius 3 is 2.90 bits per heavy atom. The molecule has 2 aromatic heterocycles. The van der Waals surface area contributed by atoms with Gasteiger partial charge in [0, 0.05) is 17.8 Å². The monoisotopic (exact) mass is 276 g/mol. The Kier molecular flexibility index (Phi) is 4.16. The molecule has 0 saturated heterocycles. The maximum absolute atomic E-state index is 12.0. The quantitative estimate of drug-likeness (QED) is 0.855. The second-order valence-corrected chi connectivity index (χ2v) is 4.94. The third-order valence-electron chi connectivity index (χ3n) is 3.14. The number of hydrogen-bond acceptors (Lipinski definition) is 5. The lowest BCUT2D eigenvalue weighted by Crippen LogP contribution is -2.42. The van der Waals surface area contributed by atoms with Gasteiger partial charge in [0.25, 0.3) is 5.78 Å². The molecule has 0 saturated carbocycles. The molecule has 2 N–H and O–H groups in total. The lowest BCUT2D eigenvalue weighted by atomic mass is 10.2. The zero-order valence-electron chi connectivity index (χ0n) is 12.2. The molecule has 0 aliphatic rings.